The summed E-state index contributed by atoms with van der Waals surface area (Å²) in [5.74, 6) is 2.05. The van der Waals surface area contributed by atoms with Gasteiger partial charge in [-0.05, 0) is 45.3 Å². The molecule has 0 amide bonds. The topological polar surface area (TPSA) is 72.2 Å². The minimum Gasteiger partial charge on any atom is -0.497 e. The van der Waals surface area contributed by atoms with Crippen molar-refractivity contribution in [1.82, 2.24) is 9.21 Å². The van der Waals surface area contributed by atoms with Gasteiger partial charge in [-0.15, -0.1) is 0 Å². The van der Waals surface area contributed by atoms with Gasteiger partial charge in [0.1, 0.15) is 27.9 Å². The number of benzene rings is 1. The van der Waals surface area contributed by atoms with Crippen molar-refractivity contribution >= 4 is 10.0 Å². The number of hydrogen-bond donors (Lipinski definition) is 0. The summed E-state index contributed by atoms with van der Waals surface area (Å²) in [6, 6.07) is 8.34. The largest absolute Gasteiger partial charge is 0.497 e. The number of sulfonamides is 1. The van der Waals surface area contributed by atoms with Crippen LogP contribution in [0.15, 0.2) is 39.6 Å². The van der Waals surface area contributed by atoms with Gasteiger partial charge in [0, 0.05) is 19.2 Å². The number of ether oxygens (including phenoxy) is 2. The molecule has 0 aliphatic heterocycles. The second-order valence-electron chi connectivity index (χ2n) is 6.17. The van der Waals surface area contributed by atoms with Gasteiger partial charge in [-0.1, -0.05) is 0 Å². The number of aryl methyl sites for hydroxylation is 1. The maximum absolute atomic E-state index is 13.3. The Bertz CT molecular complexity index is 830. The monoisotopic (exact) mass is 382 g/mol. The molecule has 144 valence electrons. The summed E-state index contributed by atoms with van der Waals surface area (Å²) >= 11 is 0. The molecular weight excluding hydrogens is 356 g/mol. The zero-order valence-electron chi connectivity index (χ0n) is 15.9. The second-order valence-corrected chi connectivity index (χ2v) is 8.08. The summed E-state index contributed by atoms with van der Waals surface area (Å²) in [6.07, 6.45) is 0. The molecule has 0 atom stereocenters. The Kier molecular flexibility index (Phi) is 6.69. The first-order valence-corrected chi connectivity index (χ1v) is 9.64. The fourth-order valence-electron chi connectivity index (χ4n) is 2.46. The van der Waals surface area contributed by atoms with Crippen LogP contribution >= 0.6 is 0 Å². The number of methoxy groups -OCH3 is 2. The zero-order valence-corrected chi connectivity index (χ0v) is 16.7. The van der Waals surface area contributed by atoms with Crippen molar-refractivity contribution in [1.29, 1.82) is 0 Å². The van der Waals surface area contributed by atoms with Crippen molar-refractivity contribution in [2.45, 2.75) is 18.4 Å². The van der Waals surface area contributed by atoms with Gasteiger partial charge in [0.05, 0.1) is 20.8 Å². The highest BCUT2D eigenvalue weighted by molar-refractivity contribution is 7.89. The van der Waals surface area contributed by atoms with E-state index in [2.05, 4.69) is 0 Å². The zero-order chi connectivity index (χ0) is 19.3. The highest BCUT2D eigenvalue weighted by atomic mass is 32.2. The molecule has 8 heteroatoms. The summed E-state index contributed by atoms with van der Waals surface area (Å²) in [6.45, 7) is 2.86. The van der Waals surface area contributed by atoms with Gasteiger partial charge in [0.2, 0.25) is 10.0 Å². The van der Waals surface area contributed by atoms with Crippen LogP contribution in [-0.4, -0.2) is 59.0 Å². The third kappa shape index (κ3) is 4.78. The number of nitrogens with zero attached hydrogens (tertiary/aromatic N) is 2. The minimum absolute atomic E-state index is 0.0707. The van der Waals surface area contributed by atoms with Crippen LogP contribution in [0, 0.1) is 6.92 Å². The van der Waals surface area contributed by atoms with Crippen molar-refractivity contribution in [3.63, 3.8) is 0 Å². The van der Waals surface area contributed by atoms with Crippen molar-refractivity contribution in [3.8, 4) is 11.5 Å². The molecular formula is C18H26N2O5S. The number of furan rings is 1. The van der Waals surface area contributed by atoms with E-state index in [-0.39, 0.29) is 17.2 Å². The fourth-order valence-corrected chi connectivity index (χ4v) is 4.03. The Morgan fingerprint density at radius 3 is 2.31 bits per heavy atom. The molecule has 2 aromatic rings. The Hall–Kier alpha value is -2.03. The average Bonchev–Trinajstić information content (AvgIpc) is 3.02. The van der Waals surface area contributed by atoms with Gasteiger partial charge < -0.3 is 18.8 Å². The van der Waals surface area contributed by atoms with Crippen LogP contribution in [0.2, 0.25) is 0 Å². The maximum Gasteiger partial charge on any atom is 0.247 e. The Morgan fingerprint density at radius 1 is 1.04 bits per heavy atom. The molecule has 0 fully saturated rings. The first-order valence-electron chi connectivity index (χ1n) is 8.20. The van der Waals surface area contributed by atoms with Gasteiger partial charge in [0.15, 0.2) is 0 Å². The minimum atomic E-state index is -3.82. The molecule has 26 heavy (non-hydrogen) atoms. The van der Waals surface area contributed by atoms with E-state index in [1.165, 1.54) is 24.6 Å². The number of rotatable bonds is 9. The van der Waals surface area contributed by atoms with Crippen LogP contribution in [-0.2, 0) is 16.6 Å². The van der Waals surface area contributed by atoms with Crippen molar-refractivity contribution in [2.75, 3.05) is 41.4 Å². The molecule has 0 saturated carbocycles. The smallest absolute Gasteiger partial charge is 0.247 e. The van der Waals surface area contributed by atoms with Crippen LogP contribution in [0.25, 0.3) is 0 Å². The lowest BCUT2D eigenvalue weighted by Crippen LogP contribution is -2.36. The molecule has 0 unspecified atom stereocenters. The van der Waals surface area contributed by atoms with Gasteiger partial charge in [0.25, 0.3) is 0 Å². The summed E-state index contributed by atoms with van der Waals surface area (Å²) < 4.78 is 44.1. The van der Waals surface area contributed by atoms with E-state index < -0.39 is 10.0 Å². The third-order valence-corrected chi connectivity index (χ3v) is 5.78. The molecule has 0 N–H and O–H groups in total. The van der Waals surface area contributed by atoms with E-state index in [0.717, 1.165) is 5.76 Å². The lowest BCUT2D eigenvalue weighted by atomic mass is 10.3. The van der Waals surface area contributed by atoms with E-state index in [0.29, 0.717) is 24.6 Å². The van der Waals surface area contributed by atoms with Gasteiger partial charge in [-0.3, -0.25) is 0 Å². The van der Waals surface area contributed by atoms with Crippen molar-refractivity contribution in [3.05, 3.63) is 41.9 Å². The molecule has 1 aromatic carbocycles. The average molecular weight is 382 g/mol. The SMILES string of the molecule is COc1ccc(OC)c(S(=O)(=O)N(CCN(C)C)Cc2ccc(C)o2)c1. The molecule has 2 rings (SSSR count). The quantitative estimate of drug-likeness (QED) is 0.663. The normalized spacial score (nSPS) is 12.0. The van der Waals surface area contributed by atoms with Gasteiger partial charge in [-0.2, -0.15) is 4.31 Å². The predicted octanol–water partition coefficient (Wildman–Crippen LogP) is 2.36. The summed E-state index contributed by atoms with van der Waals surface area (Å²) in [7, 11) is 2.91. The Balaban J connectivity index is 2.43. The fraction of sp³-hybridized carbons (Fsp3) is 0.444. The summed E-state index contributed by atoms with van der Waals surface area (Å²) in [5.41, 5.74) is 0. The van der Waals surface area contributed by atoms with Crippen LogP contribution in [0.4, 0.5) is 0 Å². The number of hydrogen-bond acceptors (Lipinski definition) is 6. The molecule has 0 aliphatic carbocycles. The van der Waals surface area contributed by atoms with E-state index >= 15 is 0 Å². The van der Waals surface area contributed by atoms with Gasteiger partial charge >= 0.3 is 0 Å². The number of likely N-dealkylation sites (N-methyl/N-ethyl adjacent to an activating group) is 1. The van der Waals surface area contributed by atoms with Crippen LogP contribution < -0.4 is 9.47 Å². The molecule has 1 aromatic heterocycles. The molecule has 0 saturated heterocycles. The highest BCUT2D eigenvalue weighted by Gasteiger charge is 2.29. The van der Waals surface area contributed by atoms with Crippen molar-refractivity contribution in [2.24, 2.45) is 0 Å². The molecule has 0 radical (unpaired) electrons. The lowest BCUT2D eigenvalue weighted by molar-refractivity contribution is 0.308. The summed E-state index contributed by atoms with van der Waals surface area (Å²) in [5, 5.41) is 0. The van der Waals surface area contributed by atoms with E-state index in [9.17, 15) is 8.42 Å². The molecule has 0 bridgehead atoms. The van der Waals surface area contributed by atoms with Crippen molar-refractivity contribution < 1.29 is 22.3 Å². The third-order valence-electron chi connectivity index (χ3n) is 3.91. The van der Waals surface area contributed by atoms with E-state index in [1.807, 2.05) is 32.0 Å². The van der Waals surface area contributed by atoms with Crippen LogP contribution in [0.3, 0.4) is 0 Å². The van der Waals surface area contributed by atoms with Crippen LogP contribution in [0.5, 0.6) is 11.5 Å². The molecule has 0 aliphatic rings. The molecule has 7 nitrogen and oxygen atoms in total. The first kappa shape index (κ1) is 20.3. The lowest BCUT2D eigenvalue weighted by Gasteiger charge is -2.24. The first-order chi connectivity index (χ1) is 12.3. The van der Waals surface area contributed by atoms with Gasteiger partial charge in [-0.25, -0.2) is 8.42 Å². The standard InChI is InChI=1S/C18H26N2O5S/c1-14-6-7-16(25-14)13-20(11-10-19(2)3)26(21,22)18-12-15(23-4)8-9-17(18)24-5/h6-9,12H,10-11,13H2,1-5H3. The molecule has 1 heterocycles. The van der Waals surface area contributed by atoms with Crippen LogP contribution in [0.1, 0.15) is 11.5 Å². The maximum atomic E-state index is 13.3. The molecule has 0 spiro atoms. The summed E-state index contributed by atoms with van der Waals surface area (Å²) in [4.78, 5) is 2.00. The highest BCUT2D eigenvalue weighted by Crippen LogP contribution is 2.31. The van der Waals surface area contributed by atoms with E-state index in [4.69, 9.17) is 13.9 Å². The van der Waals surface area contributed by atoms with E-state index in [1.54, 1.807) is 18.2 Å². The Morgan fingerprint density at radius 2 is 1.77 bits per heavy atom. The predicted molar refractivity (Wildman–Crippen MR) is 99.1 cm³/mol. The Labute approximate surface area is 155 Å². The second kappa shape index (κ2) is 8.57.